The quantitative estimate of drug-likeness (QED) is 0.311. The molecule has 3 heterocycles. The third-order valence-electron chi connectivity index (χ3n) is 9.60. The lowest BCUT2D eigenvalue weighted by Gasteiger charge is -2.63. The third-order valence-corrected chi connectivity index (χ3v) is 9.60. The minimum Gasteiger partial charge on any atom is -0.472 e. The summed E-state index contributed by atoms with van der Waals surface area (Å²) in [5.41, 5.74) is -2.77. The van der Waals surface area contributed by atoms with Gasteiger partial charge in [-0.05, 0) is 43.7 Å². The monoisotopic (exact) mass is 552 g/mol. The molecule has 0 spiro atoms. The third kappa shape index (κ3) is 4.24. The molecule has 2 saturated heterocycles. The van der Waals surface area contributed by atoms with E-state index in [0.29, 0.717) is 17.6 Å². The van der Waals surface area contributed by atoms with Gasteiger partial charge in [-0.3, -0.25) is 0 Å². The Morgan fingerprint density at radius 2 is 1.90 bits per heavy atom. The first-order valence-electron chi connectivity index (χ1n) is 13.1. The van der Waals surface area contributed by atoms with Gasteiger partial charge in [0.1, 0.15) is 30.5 Å². The lowest BCUT2D eigenvalue weighted by Crippen LogP contribution is -2.68. The SMILES string of the molecule is COC(=O)C1=C[C@H](O[C@@H]2O[C@H](CO)[C@H](O)[C@H](O)[C@H]2O)C[C@@H]2[C@@]1(C)CC[C@]1(O)C(=O)O[C@H](c3ccoc3)C[C@@]21C. The maximum absolute atomic E-state index is 13.3. The van der Waals surface area contributed by atoms with E-state index in [-0.39, 0.29) is 19.3 Å². The van der Waals surface area contributed by atoms with Crippen molar-refractivity contribution in [2.24, 2.45) is 16.7 Å². The van der Waals surface area contributed by atoms with Crippen molar-refractivity contribution in [2.75, 3.05) is 13.7 Å². The fourth-order valence-corrected chi connectivity index (χ4v) is 7.21. The highest BCUT2D eigenvalue weighted by Crippen LogP contribution is 2.66. The van der Waals surface area contributed by atoms with E-state index < -0.39 is 83.8 Å². The Bertz CT molecular complexity index is 1120. The van der Waals surface area contributed by atoms with Crippen LogP contribution >= 0.6 is 0 Å². The van der Waals surface area contributed by atoms with Crippen LogP contribution in [0.2, 0.25) is 0 Å². The summed E-state index contributed by atoms with van der Waals surface area (Å²) >= 11 is 0. The fraction of sp³-hybridized carbons (Fsp3) is 0.704. The molecule has 1 aromatic rings. The van der Waals surface area contributed by atoms with E-state index in [2.05, 4.69) is 0 Å². The molecule has 3 fully saturated rings. The second-order valence-electron chi connectivity index (χ2n) is 11.6. The Morgan fingerprint density at radius 3 is 2.54 bits per heavy atom. The van der Waals surface area contributed by atoms with Crippen LogP contribution < -0.4 is 0 Å². The van der Waals surface area contributed by atoms with Gasteiger partial charge in [-0.1, -0.05) is 13.8 Å². The predicted octanol–water partition coefficient (Wildman–Crippen LogP) is 0.109. The first kappa shape index (κ1) is 28.2. The zero-order chi connectivity index (χ0) is 28.3. The predicted molar refractivity (Wildman–Crippen MR) is 129 cm³/mol. The summed E-state index contributed by atoms with van der Waals surface area (Å²) in [4.78, 5) is 26.4. The average molecular weight is 553 g/mol. The normalized spacial score (nSPS) is 45.9. The topological polar surface area (TPSA) is 185 Å². The van der Waals surface area contributed by atoms with Crippen LogP contribution in [-0.4, -0.2) is 93.6 Å². The minimum absolute atomic E-state index is 0.0695. The van der Waals surface area contributed by atoms with Gasteiger partial charge in [0, 0.05) is 22.0 Å². The van der Waals surface area contributed by atoms with Gasteiger partial charge < -0.3 is 48.9 Å². The van der Waals surface area contributed by atoms with Crippen molar-refractivity contribution >= 4 is 11.9 Å². The van der Waals surface area contributed by atoms with E-state index >= 15 is 0 Å². The van der Waals surface area contributed by atoms with Crippen LogP contribution in [0.3, 0.4) is 0 Å². The van der Waals surface area contributed by atoms with Gasteiger partial charge in [-0.15, -0.1) is 0 Å². The van der Waals surface area contributed by atoms with E-state index in [1.807, 2.05) is 13.8 Å². The van der Waals surface area contributed by atoms with Gasteiger partial charge in [-0.2, -0.15) is 0 Å². The number of carbonyl (C=O) groups excluding carboxylic acids is 2. The fourth-order valence-electron chi connectivity index (χ4n) is 7.21. The molecule has 0 unspecified atom stereocenters. The molecule has 0 aromatic carbocycles. The molecule has 4 aliphatic rings. The lowest BCUT2D eigenvalue weighted by molar-refractivity contribution is -0.312. The molecule has 5 N–H and O–H groups in total. The number of cyclic esters (lactones) is 1. The number of hydrogen-bond donors (Lipinski definition) is 5. The number of fused-ring (bicyclic) bond motifs is 3. The van der Waals surface area contributed by atoms with Crippen molar-refractivity contribution in [2.45, 2.75) is 88.0 Å². The first-order chi connectivity index (χ1) is 18.4. The lowest BCUT2D eigenvalue weighted by atomic mass is 9.44. The van der Waals surface area contributed by atoms with Gasteiger partial charge in [0.15, 0.2) is 11.9 Å². The van der Waals surface area contributed by atoms with E-state index in [0.717, 1.165) is 0 Å². The standard InChI is InChI=1S/C27H36O12/c1-25-5-6-27(34)24(33)39-16(13-4-7-36-12-13)10-26(27,2)18(25)9-14(8-15(25)22(32)35-3)37-23-21(31)20(30)19(29)17(11-28)38-23/h4,7-8,12,14,16-21,23,28-31,34H,5-6,9-11H2,1-3H3/t14-,16-,17+,18+,19-,20-,21+,23+,25-,26-,27-/m0/s1. The number of carbonyl (C=O) groups is 2. The summed E-state index contributed by atoms with van der Waals surface area (Å²) in [6.07, 6.45) is -3.62. The summed E-state index contributed by atoms with van der Waals surface area (Å²) in [7, 11) is 1.26. The minimum atomic E-state index is -1.83. The summed E-state index contributed by atoms with van der Waals surface area (Å²) < 4.78 is 27.6. The van der Waals surface area contributed by atoms with Crippen LogP contribution in [0.5, 0.6) is 0 Å². The van der Waals surface area contributed by atoms with Crippen molar-refractivity contribution in [1.82, 2.24) is 0 Å². The van der Waals surface area contributed by atoms with Gasteiger partial charge >= 0.3 is 11.9 Å². The Balaban J connectivity index is 1.52. The Kier molecular flexibility index (Phi) is 7.20. The van der Waals surface area contributed by atoms with Crippen LogP contribution in [0.4, 0.5) is 0 Å². The number of esters is 2. The van der Waals surface area contributed by atoms with E-state index in [1.165, 1.54) is 19.6 Å². The number of furan rings is 1. The highest BCUT2D eigenvalue weighted by molar-refractivity contribution is 5.91. The largest absolute Gasteiger partial charge is 0.472 e. The maximum atomic E-state index is 13.3. The number of aliphatic hydroxyl groups excluding tert-OH is 4. The molecule has 2 aliphatic heterocycles. The first-order valence-corrected chi connectivity index (χ1v) is 13.1. The van der Waals surface area contributed by atoms with Crippen molar-refractivity contribution in [1.29, 1.82) is 0 Å². The molecule has 5 rings (SSSR count). The number of ether oxygens (including phenoxy) is 4. The van der Waals surface area contributed by atoms with Crippen molar-refractivity contribution in [3.05, 3.63) is 35.8 Å². The molecule has 0 amide bonds. The summed E-state index contributed by atoms with van der Waals surface area (Å²) in [5, 5.41) is 52.3. The van der Waals surface area contributed by atoms with E-state index in [9.17, 15) is 35.1 Å². The molecule has 11 atom stereocenters. The van der Waals surface area contributed by atoms with Crippen LogP contribution in [0.15, 0.2) is 34.7 Å². The summed E-state index contributed by atoms with van der Waals surface area (Å²) in [6.45, 7) is 3.10. The highest BCUT2D eigenvalue weighted by atomic mass is 16.7. The number of aliphatic hydroxyl groups is 5. The van der Waals surface area contributed by atoms with Gasteiger partial charge in [0.25, 0.3) is 0 Å². The molecule has 0 bridgehead atoms. The highest BCUT2D eigenvalue weighted by Gasteiger charge is 2.69. The van der Waals surface area contributed by atoms with E-state index in [1.54, 1.807) is 12.1 Å². The number of hydrogen-bond acceptors (Lipinski definition) is 12. The second kappa shape index (κ2) is 9.95. The van der Waals surface area contributed by atoms with Crippen molar-refractivity contribution in [3.63, 3.8) is 0 Å². The molecule has 12 heteroatoms. The molecular weight excluding hydrogens is 516 g/mol. The second-order valence-corrected chi connectivity index (χ2v) is 11.6. The van der Waals surface area contributed by atoms with Crippen LogP contribution in [0.1, 0.15) is 51.2 Å². The van der Waals surface area contributed by atoms with Gasteiger partial charge in [-0.25, -0.2) is 9.59 Å². The molecule has 1 saturated carbocycles. The summed E-state index contributed by atoms with van der Waals surface area (Å²) in [6, 6.07) is 1.69. The average Bonchev–Trinajstić information content (AvgIpc) is 3.46. The maximum Gasteiger partial charge on any atom is 0.339 e. The number of methoxy groups -OCH3 is 1. The molecule has 216 valence electrons. The molecular formula is C27H36O12. The molecule has 0 radical (unpaired) electrons. The molecule has 1 aromatic heterocycles. The smallest absolute Gasteiger partial charge is 0.339 e. The van der Waals surface area contributed by atoms with Crippen LogP contribution in [-0.2, 0) is 28.5 Å². The Hall–Kier alpha value is -2.32. The van der Waals surface area contributed by atoms with E-state index in [4.69, 9.17) is 23.4 Å². The van der Waals surface area contributed by atoms with Crippen molar-refractivity contribution < 1.29 is 58.5 Å². The molecule has 39 heavy (non-hydrogen) atoms. The zero-order valence-corrected chi connectivity index (χ0v) is 22.1. The molecule has 2 aliphatic carbocycles. The summed E-state index contributed by atoms with van der Waals surface area (Å²) in [5.74, 6) is -1.84. The zero-order valence-electron chi connectivity index (χ0n) is 22.1. The Morgan fingerprint density at radius 1 is 1.15 bits per heavy atom. The number of rotatable bonds is 5. The van der Waals surface area contributed by atoms with Crippen molar-refractivity contribution in [3.8, 4) is 0 Å². The molecule has 12 nitrogen and oxygen atoms in total. The van der Waals surface area contributed by atoms with Gasteiger partial charge in [0.2, 0.25) is 0 Å². The Labute approximate surface area is 225 Å². The van der Waals surface area contributed by atoms with Crippen LogP contribution in [0.25, 0.3) is 0 Å². The van der Waals surface area contributed by atoms with Crippen LogP contribution in [0, 0.1) is 16.7 Å². The van der Waals surface area contributed by atoms with Gasteiger partial charge in [0.05, 0.1) is 32.3 Å².